The van der Waals surface area contributed by atoms with Crippen LogP contribution in [0.5, 0.6) is 0 Å². The molecule has 342 valence electrons. The zero-order chi connectivity index (χ0) is 43.3. The molecule has 0 saturated heterocycles. The Hall–Kier alpha value is -1.94. The molecule has 0 aromatic carbocycles. The highest BCUT2D eigenvalue weighted by atomic mass is 31.2. The molecule has 0 fully saturated rings. The minimum Gasteiger partial charge on any atom is -0.462 e. The van der Waals surface area contributed by atoms with Gasteiger partial charge in [-0.15, -0.1) is 0 Å². The molecule has 58 heavy (non-hydrogen) atoms. The van der Waals surface area contributed by atoms with E-state index in [0.717, 1.165) is 64.2 Å². The average Bonchev–Trinajstić information content (AvgIpc) is 3.19. The summed E-state index contributed by atoms with van der Waals surface area (Å²) in [6, 6.07) is 0. The third kappa shape index (κ3) is 36.0. The second kappa shape index (κ2) is 36.9. The number of hydrogen-bond acceptors (Lipinski definition) is 15. The molecular weight excluding hydrogens is 802 g/mol. The van der Waals surface area contributed by atoms with Crippen LogP contribution in [-0.2, 0) is 65.4 Å². The number of aliphatic hydroxyl groups excluding tert-OH is 1. The fraction of sp³-hybridized carbons (Fsp3) is 0.897. The van der Waals surface area contributed by atoms with Crippen molar-refractivity contribution in [1.82, 2.24) is 0 Å². The van der Waals surface area contributed by atoms with Crippen molar-refractivity contribution in [3.8, 4) is 0 Å². The van der Waals surface area contributed by atoms with Crippen LogP contribution in [0.15, 0.2) is 0 Å². The molecular formula is C39H74O17P2. The number of esters is 3. The summed E-state index contributed by atoms with van der Waals surface area (Å²) < 4.78 is 64.6. The van der Waals surface area contributed by atoms with E-state index >= 15 is 0 Å². The van der Waals surface area contributed by atoms with Crippen LogP contribution >= 0.6 is 15.6 Å². The monoisotopic (exact) mass is 876 g/mol. The van der Waals surface area contributed by atoms with E-state index in [1.807, 2.05) is 6.92 Å². The molecule has 17 nitrogen and oxygen atoms in total. The SMILES string of the molecule is CCCCCCCCCCCCCC(=O)OC[C@H](COP(=O)(O)OC[C@H](O)COP(=O)(O)OC[C@@H](COC(=O)CCCCCCC)OC=O)OC(=O)CCCCCC. The molecule has 0 bridgehead atoms. The average molecular weight is 877 g/mol. The van der Waals surface area contributed by atoms with E-state index in [0.29, 0.717) is 19.3 Å². The Labute approximate surface area is 346 Å². The normalized spacial score (nSPS) is 15.1. The summed E-state index contributed by atoms with van der Waals surface area (Å²) >= 11 is 0. The van der Waals surface area contributed by atoms with E-state index in [-0.39, 0.29) is 25.7 Å². The molecule has 0 aromatic rings. The van der Waals surface area contributed by atoms with Crippen molar-refractivity contribution in [2.24, 2.45) is 0 Å². The van der Waals surface area contributed by atoms with Crippen LogP contribution in [0.4, 0.5) is 0 Å². The van der Waals surface area contributed by atoms with E-state index in [4.69, 9.17) is 37.0 Å². The lowest BCUT2D eigenvalue weighted by Crippen LogP contribution is -2.30. The number of ether oxygens (including phenoxy) is 4. The maximum Gasteiger partial charge on any atom is 0.472 e. The Morgan fingerprint density at radius 2 is 0.810 bits per heavy atom. The van der Waals surface area contributed by atoms with Gasteiger partial charge in [0.05, 0.1) is 26.4 Å². The maximum atomic E-state index is 12.6. The Morgan fingerprint density at radius 1 is 0.483 bits per heavy atom. The first-order valence-corrected chi connectivity index (χ1v) is 24.3. The summed E-state index contributed by atoms with van der Waals surface area (Å²) in [5, 5.41) is 10.2. The van der Waals surface area contributed by atoms with Crippen LogP contribution in [0.2, 0.25) is 0 Å². The van der Waals surface area contributed by atoms with Crippen molar-refractivity contribution < 1.29 is 80.2 Å². The van der Waals surface area contributed by atoms with Gasteiger partial charge in [-0.3, -0.25) is 37.3 Å². The Balaban J connectivity index is 4.75. The zero-order valence-electron chi connectivity index (χ0n) is 35.3. The van der Waals surface area contributed by atoms with E-state index in [1.54, 1.807) is 0 Å². The van der Waals surface area contributed by atoms with Crippen LogP contribution in [-0.4, -0.2) is 97.2 Å². The summed E-state index contributed by atoms with van der Waals surface area (Å²) in [5.74, 6) is -1.63. The third-order valence-electron chi connectivity index (χ3n) is 8.82. The maximum absolute atomic E-state index is 12.6. The van der Waals surface area contributed by atoms with Gasteiger partial charge >= 0.3 is 33.6 Å². The van der Waals surface area contributed by atoms with Crippen LogP contribution < -0.4 is 0 Å². The summed E-state index contributed by atoms with van der Waals surface area (Å²) in [7, 11) is -9.75. The highest BCUT2D eigenvalue weighted by molar-refractivity contribution is 7.47. The molecule has 0 aliphatic carbocycles. The Kier molecular flexibility index (Phi) is 35.6. The van der Waals surface area contributed by atoms with Crippen LogP contribution in [0.3, 0.4) is 0 Å². The van der Waals surface area contributed by atoms with Crippen molar-refractivity contribution >= 4 is 40.0 Å². The van der Waals surface area contributed by atoms with Crippen molar-refractivity contribution in [3.05, 3.63) is 0 Å². The van der Waals surface area contributed by atoms with Crippen molar-refractivity contribution in [2.75, 3.05) is 39.6 Å². The Bertz CT molecular complexity index is 1160. The number of hydrogen-bond donors (Lipinski definition) is 3. The smallest absolute Gasteiger partial charge is 0.462 e. The molecule has 5 atom stereocenters. The summed E-state index contributed by atoms with van der Waals surface area (Å²) in [6.07, 6.45) is 16.6. The lowest BCUT2D eigenvalue weighted by molar-refractivity contribution is -0.161. The van der Waals surface area contributed by atoms with Crippen LogP contribution in [0.25, 0.3) is 0 Å². The van der Waals surface area contributed by atoms with Gasteiger partial charge in [0, 0.05) is 19.3 Å². The number of rotatable bonds is 42. The number of phosphoric ester groups is 2. The highest BCUT2D eigenvalue weighted by Gasteiger charge is 2.29. The molecule has 0 saturated carbocycles. The fourth-order valence-electron chi connectivity index (χ4n) is 5.42. The first kappa shape index (κ1) is 56.1. The molecule has 0 spiro atoms. The van der Waals surface area contributed by atoms with Gasteiger partial charge in [-0.05, 0) is 19.3 Å². The number of phosphoric acid groups is 2. The predicted molar refractivity (Wildman–Crippen MR) is 215 cm³/mol. The molecule has 2 unspecified atom stereocenters. The summed E-state index contributed by atoms with van der Waals surface area (Å²) in [6.45, 7) is 2.35. The van der Waals surface area contributed by atoms with E-state index < -0.39 is 91.5 Å². The van der Waals surface area contributed by atoms with Gasteiger partial charge in [-0.25, -0.2) is 9.13 Å². The van der Waals surface area contributed by atoms with Gasteiger partial charge in [0.2, 0.25) is 0 Å². The summed E-state index contributed by atoms with van der Waals surface area (Å²) in [4.78, 5) is 67.8. The second-order valence-electron chi connectivity index (χ2n) is 14.4. The largest absolute Gasteiger partial charge is 0.472 e. The van der Waals surface area contributed by atoms with Gasteiger partial charge in [0.1, 0.15) is 19.3 Å². The van der Waals surface area contributed by atoms with Crippen LogP contribution in [0.1, 0.15) is 168 Å². The molecule has 0 aliphatic heterocycles. The molecule has 3 N–H and O–H groups in total. The minimum atomic E-state index is -4.89. The zero-order valence-corrected chi connectivity index (χ0v) is 37.1. The number of carbonyl (C=O) groups is 4. The molecule has 0 aliphatic rings. The number of carbonyl (C=O) groups excluding carboxylic acids is 4. The van der Waals surface area contributed by atoms with Gasteiger partial charge in [-0.2, -0.15) is 0 Å². The second-order valence-corrected chi connectivity index (χ2v) is 17.3. The van der Waals surface area contributed by atoms with E-state index in [9.17, 15) is 43.2 Å². The molecule has 19 heteroatoms. The highest BCUT2D eigenvalue weighted by Crippen LogP contribution is 2.45. The lowest BCUT2D eigenvalue weighted by Gasteiger charge is -2.21. The lowest BCUT2D eigenvalue weighted by atomic mass is 10.1. The van der Waals surface area contributed by atoms with Gasteiger partial charge in [-0.1, -0.05) is 130 Å². The number of unbranched alkanes of at least 4 members (excludes halogenated alkanes) is 17. The molecule has 0 rings (SSSR count). The fourth-order valence-corrected chi connectivity index (χ4v) is 7.00. The first-order chi connectivity index (χ1) is 27.8. The standard InChI is InChI=1S/C39H74O17P2/c1-4-7-10-13-14-15-16-17-18-20-23-25-38(43)50-30-36(56-39(44)26-21-12-9-6-3)32-55-58(47,48)53-28-34(41)27-52-57(45,46)54-31-35(51-33-40)29-49-37(42)24-22-19-11-8-5-2/h33-36,41H,4-32H2,1-3H3,(H,45,46)(H,47,48)/t34-,35-,36-/m1/s1. The summed E-state index contributed by atoms with van der Waals surface area (Å²) in [5.41, 5.74) is 0. The van der Waals surface area contributed by atoms with Crippen molar-refractivity contribution in [2.45, 2.75) is 187 Å². The van der Waals surface area contributed by atoms with E-state index in [2.05, 4.69) is 13.8 Å². The van der Waals surface area contributed by atoms with Crippen molar-refractivity contribution in [1.29, 1.82) is 0 Å². The van der Waals surface area contributed by atoms with Gasteiger partial charge in [0.15, 0.2) is 12.2 Å². The molecule has 0 amide bonds. The minimum absolute atomic E-state index is 0.0556. The van der Waals surface area contributed by atoms with Gasteiger partial charge < -0.3 is 33.8 Å². The first-order valence-electron chi connectivity index (χ1n) is 21.3. The van der Waals surface area contributed by atoms with E-state index in [1.165, 1.54) is 44.9 Å². The Morgan fingerprint density at radius 3 is 1.22 bits per heavy atom. The predicted octanol–water partition coefficient (Wildman–Crippen LogP) is 8.19. The third-order valence-corrected chi connectivity index (χ3v) is 10.7. The molecule has 0 aromatic heterocycles. The van der Waals surface area contributed by atoms with Crippen LogP contribution in [0, 0.1) is 0 Å². The topological polar surface area (TPSA) is 237 Å². The quantitative estimate of drug-likeness (QED) is 0.0172. The van der Waals surface area contributed by atoms with Crippen molar-refractivity contribution in [3.63, 3.8) is 0 Å². The molecule has 0 radical (unpaired) electrons. The van der Waals surface area contributed by atoms with Gasteiger partial charge in [0.25, 0.3) is 6.47 Å². The molecule has 0 heterocycles. The number of aliphatic hydroxyl groups is 1.